The first kappa shape index (κ1) is 14.4. The molecule has 0 amide bonds. The van der Waals surface area contributed by atoms with Crippen molar-refractivity contribution in [1.82, 2.24) is 0 Å². The lowest BCUT2D eigenvalue weighted by Crippen LogP contribution is -1.98. The first-order valence-corrected chi connectivity index (χ1v) is 8.02. The van der Waals surface area contributed by atoms with Gasteiger partial charge in [-0.15, -0.1) is 0 Å². The summed E-state index contributed by atoms with van der Waals surface area (Å²) in [5.74, 6) is 0. The van der Waals surface area contributed by atoms with Crippen molar-refractivity contribution in [3.05, 3.63) is 72.8 Å². The molecule has 1 unspecified atom stereocenters. The Morgan fingerprint density at radius 2 is 1.23 bits per heavy atom. The van der Waals surface area contributed by atoms with Gasteiger partial charge in [-0.2, -0.15) is 0 Å². The average molecular weight is 308 g/mol. The molecule has 0 aromatic heterocycles. The molecular weight excluding hydrogens is 292 g/mol. The van der Waals surface area contributed by atoms with E-state index in [1.54, 1.807) is 18.2 Å². The van der Waals surface area contributed by atoms with Crippen LogP contribution < -0.4 is 11.5 Å². The normalized spacial score (nSPS) is 12.0. The maximum Gasteiger partial charge on any atom is 0.0850 e. The zero-order chi connectivity index (χ0) is 15.5. The van der Waals surface area contributed by atoms with Gasteiger partial charge < -0.3 is 11.5 Å². The number of nitrogen functional groups attached to an aromatic ring is 2. The third-order valence-electron chi connectivity index (χ3n) is 3.45. The topological polar surface area (TPSA) is 69.1 Å². The van der Waals surface area contributed by atoms with E-state index in [0.29, 0.717) is 16.3 Å². The summed E-state index contributed by atoms with van der Waals surface area (Å²) in [6.45, 7) is 0. The minimum absolute atomic E-state index is 0.451. The summed E-state index contributed by atoms with van der Waals surface area (Å²) in [6, 6.07) is 22.9. The van der Waals surface area contributed by atoms with Crippen LogP contribution in [0.4, 0.5) is 11.4 Å². The van der Waals surface area contributed by atoms with Crippen molar-refractivity contribution in [3.63, 3.8) is 0 Å². The molecule has 110 valence electrons. The zero-order valence-corrected chi connectivity index (χ0v) is 12.7. The predicted octanol–water partition coefficient (Wildman–Crippen LogP) is 3.68. The second-order valence-electron chi connectivity index (χ2n) is 4.95. The van der Waals surface area contributed by atoms with Gasteiger partial charge in [0.1, 0.15) is 0 Å². The van der Waals surface area contributed by atoms with Gasteiger partial charge in [0, 0.05) is 9.79 Å². The molecule has 0 bridgehead atoms. The zero-order valence-electron chi connectivity index (χ0n) is 11.9. The minimum Gasteiger partial charge on any atom is -0.397 e. The number of benzene rings is 3. The molecule has 0 saturated heterocycles. The number of anilines is 2. The largest absolute Gasteiger partial charge is 0.397 e. The van der Waals surface area contributed by atoms with Crippen molar-refractivity contribution in [2.75, 3.05) is 11.5 Å². The molecule has 4 heteroatoms. The highest BCUT2D eigenvalue weighted by Crippen LogP contribution is 2.25. The fraction of sp³-hybridized carbons (Fsp3) is 0. The maximum atomic E-state index is 12.6. The summed E-state index contributed by atoms with van der Waals surface area (Å²) >= 11 is 0. The Morgan fingerprint density at radius 1 is 0.636 bits per heavy atom. The van der Waals surface area contributed by atoms with Crippen LogP contribution in [0.25, 0.3) is 11.1 Å². The monoisotopic (exact) mass is 308 g/mol. The number of rotatable bonds is 3. The first-order chi connectivity index (χ1) is 10.6. The summed E-state index contributed by atoms with van der Waals surface area (Å²) in [5.41, 5.74) is 14.6. The van der Waals surface area contributed by atoms with Gasteiger partial charge in [-0.05, 0) is 41.5 Å². The van der Waals surface area contributed by atoms with Crippen molar-refractivity contribution in [1.29, 1.82) is 0 Å². The molecule has 0 fully saturated rings. The molecule has 0 spiro atoms. The Morgan fingerprint density at radius 3 is 1.86 bits per heavy atom. The van der Waals surface area contributed by atoms with Gasteiger partial charge in [0.25, 0.3) is 0 Å². The van der Waals surface area contributed by atoms with E-state index >= 15 is 0 Å². The van der Waals surface area contributed by atoms with Crippen LogP contribution in [0, 0.1) is 0 Å². The Kier molecular flexibility index (Phi) is 3.94. The summed E-state index contributed by atoms with van der Waals surface area (Å²) in [5, 5.41) is 0. The Bertz CT molecular complexity index is 814. The number of nitrogens with two attached hydrogens (primary N) is 2. The second-order valence-corrected chi connectivity index (χ2v) is 6.43. The van der Waals surface area contributed by atoms with E-state index in [1.807, 2.05) is 54.6 Å². The predicted molar refractivity (Wildman–Crippen MR) is 91.8 cm³/mol. The van der Waals surface area contributed by atoms with E-state index in [1.165, 1.54) is 0 Å². The average Bonchev–Trinajstić information content (AvgIpc) is 2.58. The SMILES string of the molecule is Nc1ccc(S(=O)c2ccc(-c3ccccc3)cc2)cc1N. The smallest absolute Gasteiger partial charge is 0.0850 e. The van der Waals surface area contributed by atoms with Crippen molar-refractivity contribution >= 4 is 22.2 Å². The van der Waals surface area contributed by atoms with Gasteiger partial charge >= 0.3 is 0 Å². The van der Waals surface area contributed by atoms with E-state index in [-0.39, 0.29) is 0 Å². The minimum atomic E-state index is -1.27. The summed E-state index contributed by atoms with van der Waals surface area (Å²) < 4.78 is 12.6. The van der Waals surface area contributed by atoms with Crippen LogP contribution >= 0.6 is 0 Å². The third kappa shape index (κ3) is 2.87. The standard InChI is InChI=1S/C18H16N2OS/c19-17-11-10-16(12-18(17)20)22(21)15-8-6-14(7-9-15)13-4-2-1-3-5-13/h1-12H,19-20H2. The highest BCUT2D eigenvalue weighted by atomic mass is 32.2. The summed E-state index contributed by atoms with van der Waals surface area (Å²) in [4.78, 5) is 1.39. The third-order valence-corrected chi connectivity index (χ3v) is 4.83. The molecule has 3 rings (SSSR count). The van der Waals surface area contributed by atoms with E-state index in [4.69, 9.17) is 11.5 Å². The lowest BCUT2D eigenvalue weighted by molar-refractivity contribution is 0.683. The molecular formula is C18H16N2OS. The molecule has 0 aliphatic rings. The fourth-order valence-electron chi connectivity index (χ4n) is 2.21. The van der Waals surface area contributed by atoms with Crippen LogP contribution in [0.5, 0.6) is 0 Å². The van der Waals surface area contributed by atoms with Gasteiger partial charge in [-0.3, -0.25) is 0 Å². The lowest BCUT2D eigenvalue weighted by atomic mass is 10.1. The number of hydrogen-bond donors (Lipinski definition) is 2. The van der Waals surface area contributed by atoms with Crippen molar-refractivity contribution in [3.8, 4) is 11.1 Å². The van der Waals surface area contributed by atoms with Crippen LogP contribution in [-0.4, -0.2) is 4.21 Å². The molecule has 3 nitrogen and oxygen atoms in total. The van der Waals surface area contributed by atoms with Crippen LogP contribution in [0.1, 0.15) is 0 Å². The molecule has 3 aromatic rings. The molecule has 0 saturated carbocycles. The van der Waals surface area contributed by atoms with E-state index < -0.39 is 10.8 Å². The maximum absolute atomic E-state index is 12.6. The van der Waals surface area contributed by atoms with Crippen molar-refractivity contribution in [2.24, 2.45) is 0 Å². The van der Waals surface area contributed by atoms with Gasteiger partial charge in [-0.25, -0.2) is 4.21 Å². The quantitative estimate of drug-likeness (QED) is 0.725. The van der Waals surface area contributed by atoms with Crippen LogP contribution in [0.15, 0.2) is 82.6 Å². The Balaban J connectivity index is 1.89. The van der Waals surface area contributed by atoms with E-state index in [0.717, 1.165) is 16.0 Å². The molecule has 0 heterocycles. The summed E-state index contributed by atoms with van der Waals surface area (Å²) in [6.07, 6.45) is 0. The lowest BCUT2D eigenvalue weighted by Gasteiger charge is -2.07. The molecule has 0 aliphatic heterocycles. The molecule has 3 aromatic carbocycles. The molecule has 0 aliphatic carbocycles. The highest BCUT2D eigenvalue weighted by Gasteiger charge is 2.09. The van der Waals surface area contributed by atoms with Gasteiger partial charge in [0.2, 0.25) is 0 Å². The Hall–Kier alpha value is -2.59. The Labute approximate surface area is 132 Å². The van der Waals surface area contributed by atoms with Gasteiger partial charge in [-0.1, -0.05) is 42.5 Å². The van der Waals surface area contributed by atoms with E-state index in [9.17, 15) is 4.21 Å². The highest BCUT2D eigenvalue weighted by molar-refractivity contribution is 7.85. The van der Waals surface area contributed by atoms with Crippen LogP contribution in [0.3, 0.4) is 0 Å². The molecule has 1 atom stereocenters. The summed E-state index contributed by atoms with van der Waals surface area (Å²) in [7, 11) is -1.27. The van der Waals surface area contributed by atoms with Crippen molar-refractivity contribution in [2.45, 2.75) is 9.79 Å². The number of hydrogen-bond acceptors (Lipinski definition) is 3. The van der Waals surface area contributed by atoms with E-state index in [2.05, 4.69) is 0 Å². The molecule has 0 radical (unpaired) electrons. The van der Waals surface area contributed by atoms with Gasteiger partial charge in [0.15, 0.2) is 0 Å². The molecule has 22 heavy (non-hydrogen) atoms. The van der Waals surface area contributed by atoms with Crippen LogP contribution in [-0.2, 0) is 10.8 Å². The molecule has 4 N–H and O–H groups in total. The van der Waals surface area contributed by atoms with Gasteiger partial charge in [0.05, 0.1) is 22.2 Å². The second kappa shape index (κ2) is 6.03. The van der Waals surface area contributed by atoms with Crippen molar-refractivity contribution < 1.29 is 4.21 Å². The van der Waals surface area contributed by atoms with Crippen LogP contribution in [0.2, 0.25) is 0 Å². The fourth-order valence-corrected chi connectivity index (χ4v) is 3.29. The first-order valence-electron chi connectivity index (χ1n) is 6.87.